The first-order chi connectivity index (χ1) is 13.0. The Morgan fingerprint density at radius 3 is 2.19 bits per heavy atom. The van der Waals surface area contributed by atoms with Crippen molar-refractivity contribution in [2.45, 2.75) is 26.3 Å². The molecule has 0 N–H and O–H groups in total. The third kappa shape index (κ3) is 3.42. The molecule has 0 spiro atoms. The van der Waals surface area contributed by atoms with Gasteiger partial charge in [-0.15, -0.1) is 0 Å². The Morgan fingerprint density at radius 1 is 0.926 bits per heavy atom. The molecule has 140 valence electrons. The van der Waals surface area contributed by atoms with E-state index < -0.39 is 0 Å². The lowest BCUT2D eigenvalue weighted by molar-refractivity contribution is -0.123. The van der Waals surface area contributed by atoms with E-state index in [9.17, 15) is 9.59 Å². The second-order valence-corrected chi connectivity index (χ2v) is 7.21. The molecule has 0 aliphatic carbocycles. The molecule has 2 aromatic rings. The molecule has 2 aliphatic heterocycles. The molecule has 2 amide bonds. The zero-order valence-electron chi connectivity index (χ0n) is 15.6. The van der Waals surface area contributed by atoms with Crippen LogP contribution >= 0.6 is 0 Å². The van der Waals surface area contributed by atoms with Gasteiger partial charge in [-0.25, -0.2) is 14.9 Å². The fourth-order valence-corrected chi connectivity index (χ4v) is 3.94. The van der Waals surface area contributed by atoms with E-state index in [2.05, 4.69) is 19.8 Å². The van der Waals surface area contributed by atoms with Crippen LogP contribution in [0.3, 0.4) is 0 Å². The van der Waals surface area contributed by atoms with Crippen LogP contribution in [0.2, 0.25) is 0 Å². The van der Waals surface area contributed by atoms with E-state index in [0.29, 0.717) is 24.7 Å². The Labute approximate surface area is 158 Å². The molecule has 27 heavy (non-hydrogen) atoms. The van der Waals surface area contributed by atoms with Gasteiger partial charge in [-0.3, -0.25) is 14.5 Å². The number of imide groups is 1. The maximum atomic E-state index is 13.0. The number of benzene rings is 1. The fraction of sp³-hybridized carbons (Fsp3) is 0.400. The average Bonchev–Trinajstić information content (AvgIpc) is 2.96. The standard InChI is InChI=1S/C20H23N5O2/c1-14-10-15(2)12-16(11-14)25-18(26)13-17(19(25)27)23-6-8-24(9-7-23)20-21-4-3-5-22-20/h3-5,10-12,17H,6-9,13H2,1-2H3/t17-/m0/s1. The number of piperazine rings is 1. The summed E-state index contributed by atoms with van der Waals surface area (Å²) in [6, 6.07) is 7.25. The smallest absolute Gasteiger partial charge is 0.251 e. The quantitative estimate of drug-likeness (QED) is 0.769. The highest BCUT2D eigenvalue weighted by molar-refractivity contribution is 6.22. The molecular weight excluding hydrogens is 342 g/mol. The zero-order valence-corrected chi connectivity index (χ0v) is 15.6. The highest BCUT2D eigenvalue weighted by Gasteiger charge is 2.43. The number of anilines is 2. The highest BCUT2D eigenvalue weighted by atomic mass is 16.2. The van der Waals surface area contributed by atoms with Gasteiger partial charge < -0.3 is 4.90 Å². The lowest BCUT2D eigenvalue weighted by Gasteiger charge is -2.36. The predicted molar refractivity (Wildman–Crippen MR) is 103 cm³/mol. The summed E-state index contributed by atoms with van der Waals surface area (Å²) in [4.78, 5) is 39.8. The van der Waals surface area contributed by atoms with Crippen LogP contribution in [-0.4, -0.2) is 58.9 Å². The molecule has 0 radical (unpaired) electrons. The maximum absolute atomic E-state index is 13.0. The van der Waals surface area contributed by atoms with Crippen molar-refractivity contribution in [3.63, 3.8) is 0 Å². The van der Waals surface area contributed by atoms with E-state index in [1.54, 1.807) is 18.5 Å². The molecule has 2 aliphatic rings. The Balaban J connectivity index is 1.46. The predicted octanol–water partition coefficient (Wildman–Crippen LogP) is 1.55. The summed E-state index contributed by atoms with van der Waals surface area (Å²) in [7, 11) is 0. The van der Waals surface area contributed by atoms with Crippen molar-refractivity contribution in [2.75, 3.05) is 36.0 Å². The van der Waals surface area contributed by atoms with Crippen LogP contribution in [0.1, 0.15) is 17.5 Å². The summed E-state index contributed by atoms with van der Waals surface area (Å²) in [5, 5.41) is 0. The van der Waals surface area contributed by atoms with Crippen molar-refractivity contribution < 1.29 is 9.59 Å². The van der Waals surface area contributed by atoms with E-state index >= 15 is 0 Å². The molecule has 4 rings (SSSR count). The van der Waals surface area contributed by atoms with Gasteiger partial charge in [0.1, 0.15) is 0 Å². The van der Waals surface area contributed by atoms with Crippen molar-refractivity contribution in [2.24, 2.45) is 0 Å². The monoisotopic (exact) mass is 365 g/mol. The number of carbonyl (C=O) groups excluding carboxylic acids is 2. The van der Waals surface area contributed by atoms with Crippen LogP contribution in [0.5, 0.6) is 0 Å². The van der Waals surface area contributed by atoms with E-state index in [1.807, 2.05) is 32.0 Å². The largest absolute Gasteiger partial charge is 0.338 e. The number of nitrogens with zero attached hydrogens (tertiary/aromatic N) is 5. The summed E-state index contributed by atoms with van der Waals surface area (Å²) in [6.07, 6.45) is 3.71. The van der Waals surface area contributed by atoms with Crippen molar-refractivity contribution in [3.8, 4) is 0 Å². The minimum absolute atomic E-state index is 0.116. The van der Waals surface area contributed by atoms with Crippen molar-refractivity contribution >= 4 is 23.5 Å². The van der Waals surface area contributed by atoms with Gasteiger partial charge in [-0.2, -0.15) is 0 Å². The summed E-state index contributed by atoms with van der Waals surface area (Å²) in [5.41, 5.74) is 2.78. The van der Waals surface area contributed by atoms with Crippen LogP contribution in [0.15, 0.2) is 36.7 Å². The van der Waals surface area contributed by atoms with Gasteiger partial charge in [0.15, 0.2) is 0 Å². The fourth-order valence-electron chi connectivity index (χ4n) is 3.94. The normalized spacial score (nSPS) is 21.2. The Bertz CT molecular complexity index is 842. The Morgan fingerprint density at radius 2 is 1.56 bits per heavy atom. The molecule has 0 bridgehead atoms. The third-order valence-electron chi connectivity index (χ3n) is 5.18. The molecule has 1 aromatic heterocycles. The van der Waals surface area contributed by atoms with E-state index in [-0.39, 0.29) is 24.3 Å². The van der Waals surface area contributed by atoms with E-state index in [1.165, 1.54) is 4.90 Å². The molecule has 0 unspecified atom stereocenters. The van der Waals surface area contributed by atoms with Crippen LogP contribution in [-0.2, 0) is 9.59 Å². The molecule has 3 heterocycles. The number of carbonyl (C=O) groups is 2. The lowest BCUT2D eigenvalue weighted by atomic mass is 10.1. The molecule has 2 saturated heterocycles. The second kappa shape index (κ2) is 7.08. The van der Waals surface area contributed by atoms with Crippen LogP contribution in [0.4, 0.5) is 11.6 Å². The van der Waals surface area contributed by atoms with Gasteiger partial charge in [0.25, 0.3) is 5.91 Å². The zero-order chi connectivity index (χ0) is 19.0. The van der Waals surface area contributed by atoms with Gasteiger partial charge in [-0.05, 0) is 43.2 Å². The highest BCUT2D eigenvalue weighted by Crippen LogP contribution is 2.28. The summed E-state index contributed by atoms with van der Waals surface area (Å²) >= 11 is 0. The molecular formula is C20H23N5O2. The molecule has 0 saturated carbocycles. The van der Waals surface area contributed by atoms with Gasteiger partial charge in [-0.1, -0.05) is 6.07 Å². The van der Waals surface area contributed by atoms with Crippen molar-refractivity contribution in [1.82, 2.24) is 14.9 Å². The summed E-state index contributed by atoms with van der Waals surface area (Å²) in [5.74, 6) is 0.473. The minimum Gasteiger partial charge on any atom is -0.338 e. The Kier molecular flexibility index (Phi) is 4.61. The number of aryl methyl sites for hydroxylation is 2. The summed E-state index contributed by atoms with van der Waals surface area (Å²) < 4.78 is 0. The number of hydrogen-bond acceptors (Lipinski definition) is 6. The van der Waals surface area contributed by atoms with E-state index in [0.717, 1.165) is 24.2 Å². The van der Waals surface area contributed by atoms with Gasteiger partial charge in [0.05, 0.1) is 18.2 Å². The van der Waals surface area contributed by atoms with Gasteiger partial charge in [0.2, 0.25) is 11.9 Å². The maximum Gasteiger partial charge on any atom is 0.251 e. The third-order valence-corrected chi connectivity index (χ3v) is 5.18. The number of hydrogen-bond donors (Lipinski definition) is 0. The molecule has 1 atom stereocenters. The SMILES string of the molecule is Cc1cc(C)cc(N2C(=O)C[C@H](N3CCN(c4ncccn4)CC3)C2=O)c1. The Hall–Kier alpha value is -2.80. The van der Waals surface area contributed by atoms with Gasteiger partial charge in [0, 0.05) is 38.6 Å². The topological polar surface area (TPSA) is 69.6 Å². The first-order valence-electron chi connectivity index (χ1n) is 9.24. The molecule has 2 fully saturated rings. The molecule has 7 nitrogen and oxygen atoms in total. The van der Waals surface area contributed by atoms with Crippen molar-refractivity contribution in [1.29, 1.82) is 0 Å². The number of aromatic nitrogens is 2. The van der Waals surface area contributed by atoms with Gasteiger partial charge >= 0.3 is 0 Å². The summed E-state index contributed by atoms with van der Waals surface area (Å²) in [6.45, 7) is 6.86. The number of amides is 2. The van der Waals surface area contributed by atoms with E-state index in [4.69, 9.17) is 0 Å². The van der Waals surface area contributed by atoms with Crippen LogP contribution in [0.25, 0.3) is 0 Å². The van der Waals surface area contributed by atoms with Crippen LogP contribution in [0, 0.1) is 13.8 Å². The van der Waals surface area contributed by atoms with Crippen LogP contribution < -0.4 is 9.80 Å². The number of rotatable bonds is 3. The lowest BCUT2D eigenvalue weighted by Crippen LogP contribution is -2.53. The minimum atomic E-state index is -0.378. The molecule has 7 heteroatoms. The first-order valence-corrected chi connectivity index (χ1v) is 9.24. The molecule has 1 aromatic carbocycles. The first kappa shape index (κ1) is 17.6. The van der Waals surface area contributed by atoms with Crippen molar-refractivity contribution in [3.05, 3.63) is 47.8 Å². The average molecular weight is 365 g/mol. The second-order valence-electron chi connectivity index (χ2n) is 7.21.